The van der Waals surface area contributed by atoms with Crippen molar-refractivity contribution in [1.29, 1.82) is 0 Å². The molecule has 0 heterocycles. The SMILES string of the molecule is COC.COc1ccc(CO[N+](=O)[O-])cc1OC. The Morgan fingerprint density at radius 1 is 1.11 bits per heavy atom. The van der Waals surface area contributed by atoms with Crippen LogP contribution >= 0.6 is 0 Å². The smallest absolute Gasteiger partial charge is 0.294 e. The van der Waals surface area contributed by atoms with Crippen LogP contribution in [0.25, 0.3) is 0 Å². The van der Waals surface area contributed by atoms with E-state index in [1.165, 1.54) is 14.2 Å². The summed E-state index contributed by atoms with van der Waals surface area (Å²) in [5.41, 5.74) is 0.643. The van der Waals surface area contributed by atoms with Crippen molar-refractivity contribution in [2.45, 2.75) is 6.61 Å². The molecule has 0 spiro atoms. The van der Waals surface area contributed by atoms with E-state index in [2.05, 4.69) is 9.57 Å². The highest BCUT2D eigenvalue weighted by Crippen LogP contribution is 2.27. The van der Waals surface area contributed by atoms with Crippen molar-refractivity contribution in [3.05, 3.63) is 33.9 Å². The lowest BCUT2D eigenvalue weighted by Crippen LogP contribution is -2.01. The van der Waals surface area contributed by atoms with Crippen LogP contribution in [0.4, 0.5) is 0 Å². The van der Waals surface area contributed by atoms with Gasteiger partial charge in [0.05, 0.1) is 14.2 Å². The fraction of sp³-hybridized carbons (Fsp3) is 0.455. The van der Waals surface area contributed by atoms with Crippen LogP contribution in [0.15, 0.2) is 18.2 Å². The summed E-state index contributed by atoms with van der Waals surface area (Å²) in [7, 11) is 6.26. The molecule has 1 aromatic rings. The van der Waals surface area contributed by atoms with Crippen LogP contribution in [0, 0.1) is 10.1 Å². The highest BCUT2D eigenvalue weighted by Gasteiger charge is 2.05. The van der Waals surface area contributed by atoms with E-state index < -0.39 is 5.09 Å². The summed E-state index contributed by atoms with van der Waals surface area (Å²) in [5.74, 6) is 1.09. The molecule has 1 aromatic carbocycles. The molecule has 0 aromatic heterocycles. The van der Waals surface area contributed by atoms with Crippen LogP contribution in [0.3, 0.4) is 0 Å². The molecule has 0 aliphatic heterocycles. The fourth-order valence-corrected chi connectivity index (χ4v) is 1.10. The van der Waals surface area contributed by atoms with E-state index in [-0.39, 0.29) is 6.61 Å². The van der Waals surface area contributed by atoms with Gasteiger partial charge < -0.3 is 19.0 Å². The van der Waals surface area contributed by atoms with Crippen molar-refractivity contribution >= 4 is 0 Å². The van der Waals surface area contributed by atoms with Crippen LogP contribution in [-0.2, 0) is 16.2 Å². The van der Waals surface area contributed by atoms with Gasteiger partial charge in [0.25, 0.3) is 5.09 Å². The summed E-state index contributed by atoms with van der Waals surface area (Å²) in [6, 6.07) is 4.96. The van der Waals surface area contributed by atoms with Crippen LogP contribution in [-0.4, -0.2) is 33.5 Å². The molecule has 0 aliphatic carbocycles. The van der Waals surface area contributed by atoms with E-state index in [1.54, 1.807) is 32.4 Å². The summed E-state index contributed by atoms with van der Waals surface area (Å²) < 4.78 is 14.3. The second-order valence-corrected chi connectivity index (χ2v) is 3.09. The van der Waals surface area contributed by atoms with E-state index in [1.807, 2.05) is 0 Å². The molecule has 0 unspecified atom stereocenters. The van der Waals surface area contributed by atoms with Crippen molar-refractivity contribution in [2.24, 2.45) is 0 Å². The Labute approximate surface area is 105 Å². The Kier molecular flexibility index (Phi) is 8.04. The summed E-state index contributed by atoms with van der Waals surface area (Å²) in [6.07, 6.45) is 0. The fourth-order valence-electron chi connectivity index (χ4n) is 1.10. The zero-order chi connectivity index (χ0) is 14.0. The third-order valence-corrected chi connectivity index (χ3v) is 1.78. The third-order valence-electron chi connectivity index (χ3n) is 1.78. The van der Waals surface area contributed by atoms with Crippen molar-refractivity contribution in [2.75, 3.05) is 28.4 Å². The first-order valence-corrected chi connectivity index (χ1v) is 4.97. The van der Waals surface area contributed by atoms with Gasteiger partial charge in [-0.3, -0.25) is 0 Å². The second-order valence-electron chi connectivity index (χ2n) is 3.09. The summed E-state index contributed by atoms with van der Waals surface area (Å²) in [5, 5.41) is 9.14. The average molecular weight is 259 g/mol. The van der Waals surface area contributed by atoms with E-state index in [4.69, 9.17) is 9.47 Å². The summed E-state index contributed by atoms with van der Waals surface area (Å²) in [4.78, 5) is 14.2. The maximum atomic E-state index is 9.98. The maximum absolute atomic E-state index is 9.98. The van der Waals surface area contributed by atoms with Gasteiger partial charge in [-0.25, -0.2) is 0 Å². The molecule has 0 N–H and O–H groups in total. The number of ether oxygens (including phenoxy) is 3. The van der Waals surface area contributed by atoms with Crippen molar-refractivity contribution in [3.8, 4) is 11.5 Å². The first kappa shape index (κ1) is 16.0. The molecule has 0 radical (unpaired) electrons. The van der Waals surface area contributed by atoms with Gasteiger partial charge in [0, 0.05) is 14.2 Å². The predicted octanol–water partition coefficient (Wildman–Crippen LogP) is 1.67. The molecule has 0 saturated carbocycles. The number of methoxy groups -OCH3 is 3. The maximum Gasteiger partial charge on any atom is 0.294 e. The molecular weight excluding hydrogens is 242 g/mol. The van der Waals surface area contributed by atoms with Crippen LogP contribution in [0.1, 0.15) is 5.56 Å². The van der Waals surface area contributed by atoms with E-state index >= 15 is 0 Å². The highest BCUT2D eigenvalue weighted by molar-refractivity contribution is 5.42. The predicted molar refractivity (Wildman–Crippen MR) is 64.3 cm³/mol. The largest absolute Gasteiger partial charge is 0.493 e. The van der Waals surface area contributed by atoms with Gasteiger partial charge in [0.2, 0.25) is 0 Å². The van der Waals surface area contributed by atoms with Gasteiger partial charge in [-0.1, -0.05) is 6.07 Å². The normalized spacial score (nSPS) is 8.89. The first-order chi connectivity index (χ1) is 8.58. The molecule has 1 rings (SSSR count). The lowest BCUT2D eigenvalue weighted by Gasteiger charge is -2.08. The summed E-state index contributed by atoms with van der Waals surface area (Å²) >= 11 is 0. The Bertz CT molecular complexity index is 369. The van der Waals surface area contributed by atoms with Gasteiger partial charge in [-0.05, 0) is 17.7 Å². The molecule has 0 saturated heterocycles. The standard InChI is InChI=1S/C9H11NO5.C2H6O/c1-13-8-4-3-7(5-9(8)14-2)6-15-10(11)12;1-3-2/h3-5H,6H2,1-2H3;1-2H3. The molecule has 0 atom stereocenters. The molecule has 18 heavy (non-hydrogen) atoms. The third kappa shape index (κ3) is 5.90. The second kappa shape index (κ2) is 9.06. The number of nitrogens with zero attached hydrogens (tertiary/aromatic N) is 1. The van der Waals surface area contributed by atoms with E-state index in [0.717, 1.165) is 0 Å². The Hall–Kier alpha value is -2.02. The molecule has 0 amide bonds. The minimum atomic E-state index is -0.837. The number of benzene rings is 1. The van der Waals surface area contributed by atoms with Crippen LogP contribution in [0.5, 0.6) is 11.5 Å². The first-order valence-electron chi connectivity index (χ1n) is 4.97. The molecule has 102 valence electrons. The van der Waals surface area contributed by atoms with Crippen molar-refractivity contribution < 1.29 is 24.1 Å². The summed E-state index contributed by atoms with van der Waals surface area (Å²) in [6.45, 7) is -0.104. The van der Waals surface area contributed by atoms with Gasteiger partial charge in [0.15, 0.2) is 11.5 Å². The number of hydrogen-bond donors (Lipinski definition) is 0. The van der Waals surface area contributed by atoms with E-state index in [0.29, 0.717) is 17.1 Å². The Morgan fingerprint density at radius 3 is 2.11 bits per heavy atom. The van der Waals surface area contributed by atoms with Crippen molar-refractivity contribution in [3.63, 3.8) is 0 Å². The molecular formula is C11H17NO6. The topological polar surface area (TPSA) is 80.1 Å². The Balaban J connectivity index is 0.000000873. The van der Waals surface area contributed by atoms with Crippen LogP contribution < -0.4 is 9.47 Å². The Morgan fingerprint density at radius 2 is 1.67 bits per heavy atom. The molecule has 0 aliphatic rings. The minimum absolute atomic E-state index is 0.104. The van der Waals surface area contributed by atoms with Gasteiger partial charge in [-0.2, -0.15) is 0 Å². The average Bonchev–Trinajstić information content (AvgIpc) is 2.36. The molecule has 0 bridgehead atoms. The minimum Gasteiger partial charge on any atom is -0.493 e. The highest BCUT2D eigenvalue weighted by atomic mass is 16.9. The monoisotopic (exact) mass is 259 g/mol. The zero-order valence-electron chi connectivity index (χ0n) is 10.8. The molecule has 0 fully saturated rings. The molecule has 7 nitrogen and oxygen atoms in total. The number of hydrogen-bond acceptors (Lipinski definition) is 6. The van der Waals surface area contributed by atoms with E-state index in [9.17, 15) is 10.1 Å². The van der Waals surface area contributed by atoms with Gasteiger partial charge >= 0.3 is 0 Å². The van der Waals surface area contributed by atoms with Crippen molar-refractivity contribution in [1.82, 2.24) is 0 Å². The lowest BCUT2D eigenvalue weighted by atomic mass is 10.2. The zero-order valence-corrected chi connectivity index (χ0v) is 10.8. The quantitative estimate of drug-likeness (QED) is 0.591. The van der Waals surface area contributed by atoms with Crippen LogP contribution in [0.2, 0.25) is 0 Å². The lowest BCUT2D eigenvalue weighted by molar-refractivity contribution is -0.763. The van der Waals surface area contributed by atoms with Gasteiger partial charge in [0.1, 0.15) is 6.61 Å². The number of rotatable bonds is 5. The van der Waals surface area contributed by atoms with Gasteiger partial charge in [-0.15, -0.1) is 10.1 Å². The molecule has 7 heteroatoms.